The van der Waals surface area contributed by atoms with Crippen LogP contribution in [0.5, 0.6) is 0 Å². The van der Waals surface area contributed by atoms with Gasteiger partial charge in [-0.15, -0.1) is 0 Å². The summed E-state index contributed by atoms with van der Waals surface area (Å²) in [5.74, 6) is -1.08. The molecule has 0 saturated carbocycles. The van der Waals surface area contributed by atoms with Crippen molar-refractivity contribution in [3.8, 4) is 0 Å². The van der Waals surface area contributed by atoms with Crippen LogP contribution in [0.15, 0.2) is 42.7 Å². The standard InChI is InChI=1S/C15H11ClFN3O2/c16-12-5-11(17)2-1-10(12)8-20-4-3-9-7-18-13(6-14(9)20)15(21)19-22/h1-7,22H,8H2,(H,19,21). The lowest BCUT2D eigenvalue weighted by molar-refractivity contribution is 0.0701. The van der Waals surface area contributed by atoms with Crippen LogP contribution >= 0.6 is 11.6 Å². The molecule has 0 aliphatic heterocycles. The summed E-state index contributed by atoms with van der Waals surface area (Å²) >= 11 is 6.04. The number of hydroxylamine groups is 1. The second kappa shape index (κ2) is 5.75. The fourth-order valence-electron chi connectivity index (χ4n) is 2.24. The van der Waals surface area contributed by atoms with Crippen LogP contribution in [0.1, 0.15) is 16.1 Å². The first-order valence-electron chi connectivity index (χ1n) is 6.42. The van der Waals surface area contributed by atoms with Gasteiger partial charge in [0.25, 0.3) is 5.91 Å². The van der Waals surface area contributed by atoms with Crippen LogP contribution in [0.4, 0.5) is 4.39 Å². The summed E-state index contributed by atoms with van der Waals surface area (Å²) in [6.07, 6.45) is 3.37. The van der Waals surface area contributed by atoms with Gasteiger partial charge in [-0.25, -0.2) is 9.87 Å². The van der Waals surface area contributed by atoms with E-state index in [2.05, 4.69) is 4.98 Å². The predicted molar refractivity (Wildman–Crippen MR) is 79.5 cm³/mol. The number of rotatable bonds is 3. The molecule has 0 radical (unpaired) electrons. The van der Waals surface area contributed by atoms with Crippen molar-refractivity contribution in [2.75, 3.05) is 0 Å². The third-order valence-corrected chi connectivity index (χ3v) is 3.70. The van der Waals surface area contributed by atoms with E-state index in [-0.39, 0.29) is 5.69 Å². The predicted octanol–water partition coefficient (Wildman–Crippen LogP) is 3.00. The Morgan fingerprint density at radius 3 is 2.91 bits per heavy atom. The van der Waals surface area contributed by atoms with E-state index in [0.29, 0.717) is 11.6 Å². The van der Waals surface area contributed by atoms with Crippen molar-refractivity contribution < 1.29 is 14.4 Å². The Labute approximate surface area is 129 Å². The van der Waals surface area contributed by atoms with Crippen molar-refractivity contribution in [3.63, 3.8) is 0 Å². The van der Waals surface area contributed by atoms with E-state index < -0.39 is 11.7 Å². The second-order valence-electron chi connectivity index (χ2n) is 4.75. The van der Waals surface area contributed by atoms with E-state index in [1.165, 1.54) is 12.1 Å². The SMILES string of the molecule is O=C(NO)c1cc2c(ccn2Cc2ccc(F)cc2Cl)cn1. The quantitative estimate of drug-likeness (QED) is 0.576. The molecule has 0 bridgehead atoms. The largest absolute Gasteiger partial charge is 0.343 e. The molecule has 2 aromatic heterocycles. The summed E-state index contributed by atoms with van der Waals surface area (Å²) < 4.78 is 15.0. The highest BCUT2D eigenvalue weighted by Crippen LogP contribution is 2.22. The molecule has 2 N–H and O–H groups in total. The molecular formula is C15H11ClFN3O2. The van der Waals surface area contributed by atoms with Gasteiger partial charge in [0.05, 0.1) is 5.52 Å². The molecule has 22 heavy (non-hydrogen) atoms. The lowest BCUT2D eigenvalue weighted by Crippen LogP contribution is -2.19. The number of fused-ring (bicyclic) bond motifs is 1. The van der Waals surface area contributed by atoms with Crippen molar-refractivity contribution in [2.24, 2.45) is 0 Å². The zero-order chi connectivity index (χ0) is 15.7. The molecule has 112 valence electrons. The van der Waals surface area contributed by atoms with E-state index in [0.717, 1.165) is 16.5 Å². The Balaban J connectivity index is 2.01. The van der Waals surface area contributed by atoms with Gasteiger partial charge in [0.2, 0.25) is 0 Å². The number of pyridine rings is 1. The first-order chi connectivity index (χ1) is 10.6. The lowest BCUT2D eigenvalue weighted by Gasteiger charge is -2.08. The van der Waals surface area contributed by atoms with Gasteiger partial charge in [0, 0.05) is 29.3 Å². The molecule has 0 aliphatic rings. The number of amides is 1. The maximum Gasteiger partial charge on any atom is 0.293 e. The number of hydrogen-bond donors (Lipinski definition) is 2. The van der Waals surface area contributed by atoms with Crippen LogP contribution in [0.2, 0.25) is 5.02 Å². The van der Waals surface area contributed by atoms with Crippen LogP contribution in [0, 0.1) is 5.82 Å². The maximum atomic E-state index is 13.1. The molecule has 5 nitrogen and oxygen atoms in total. The number of aromatic nitrogens is 2. The van der Waals surface area contributed by atoms with Gasteiger partial charge in [-0.05, 0) is 29.8 Å². The van der Waals surface area contributed by atoms with E-state index in [4.69, 9.17) is 16.8 Å². The molecule has 1 aromatic carbocycles. The van der Waals surface area contributed by atoms with Crippen LogP contribution in [0.25, 0.3) is 10.9 Å². The van der Waals surface area contributed by atoms with Gasteiger partial charge in [-0.1, -0.05) is 17.7 Å². The number of nitrogens with zero attached hydrogens (tertiary/aromatic N) is 2. The van der Waals surface area contributed by atoms with Crippen molar-refractivity contribution in [1.82, 2.24) is 15.0 Å². The van der Waals surface area contributed by atoms with Crippen molar-refractivity contribution in [3.05, 3.63) is 64.8 Å². The summed E-state index contributed by atoms with van der Waals surface area (Å²) in [7, 11) is 0. The molecule has 0 saturated heterocycles. The topological polar surface area (TPSA) is 67.2 Å². The normalized spacial score (nSPS) is 10.9. The van der Waals surface area contributed by atoms with Crippen LogP contribution < -0.4 is 5.48 Å². The number of halogens is 2. The van der Waals surface area contributed by atoms with Crippen LogP contribution in [-0.2, 0) is 6.54 Å². The molecule has 0 unspecified atom stereocenters. The molecule has 1 amide bonds. The summed E-state index contributed by atoms with van der Waals surface area (Å²) in [5, 5.41) is 9.86. The van der Waals surface area contributed by atoms with Crippen LogP contribution in [0.3, 0.4) is 0 Å². The monoisotopic (exact) mass is 319 g/mol. The fraction of sp³-hybridized carbons (Fsp3) is 0.0667. The molecule has 3 rings (SSSR count). The third-order valence-electron chi connectivity index (χ3n) is 3.35. The highest BCUT2D eigenvalue weighted by atomic mass is 35.5. The molecular weight excluding hydrogens is 309 g/mol. The Hall–Kier alpha value is -2.44. The minimum Gasteiger partial charge on any atom is -0.343 e. The fourth-order valence-corrected chi connectivity index (χ4v) is 2.46. The van der Waals surface area contributed by atoms with E-state index in [9.17, 15) is 9.18 Å². The van der Waals surface area contributed by atoms with Gasteiger partial charge in [-0.3, -0.25) is 15.0 Å². The number of carbonyl (C=O) groups excluding carboxylic acids is 1. The second-order valence-corrected chi connectivity index (χ2v) is 5.16. The Kier molecular flexibility index (Phi) is 3.79. The van der Waals surface area contributed by atoms with E-state index >= 15 is 0 Å². The van der Waals surface area contributed by atoms with Gasteiger partial charge in [0.1, 0.15) is 11.5 Å². The molecule has 0 fully saturated rings. The summed E-state index contributed by atoms with van der Waals surface area (Å²) in [6.45, 7) is 0.423. The highest BCUT2D eigenvalue weighted by molar-refractivity contribution is 6.31. The maximum absolute atomic E-state index is 13.1. The zero-order valence-electron chi connectivity index (χ0n) is 11.3. The van der Waals surface area contributed by atoms with E-state index in [1.807, 2.05) is 16.8 Å². The van der Waals surface area contributed by atoms with Gasteiger partial charge < -0.3 is 4.57 Å². The van der Waals surface area contributed by atoms with Crippen molar-refractivity contribution in [1.29, 1.82) is 0 Å². The Morgan fingerprint density at radius 2 is 2.18 bits per heavy atom. The molecule has 0 atom stereocenters. The molecule has 2 heterocycles. The van der Waals surface area contributed by atoms with E-state index in [1.54, 1.807) is 23.8 Å². The highest BCUT2D eigenvalue weighted by Gasteiger charge is 2.10. The summed E-state index contributed by atoms with van der Waals surface area (Å²) in [4.78, 5) is 15.4. The molecule has 0 spiro atoms. The third kappa shape index (κ3) is 2.66. The first kappa shape index (κ1) is 14.5. The number of hydrogen-bond acceptors (Lipinski definition) is 3. The molecule has 3 aromatic rings. The van der Waals surface area contributed by atoms with Gasteiger partial charge >= 0.3 is 0 Å². The van der Waals surface area contributed by atoms with Gasteiger partial charge in [-0.2, -0.15) is 0 Å². The Bertz CT molecular complexity index is 863. The minimum atomic E-state index is -0.686. The van der Waals surface area contributed by atoms with Gasteiger partial charge in [0.15, 0.2) is 0 Å². The average molecular weight is 320 g/mol. The number of carbonyl (C=O) groups is 1. The lowest BCUT2D eigenvalue weighted by atomic mass is 10.2. The first-order valence-corrected chi connectivity index (χ1v) is 6.79. The van der Waals surface area contributed by atoms with Crippen molar-refractivity contribution >= 4 is 28.4 Å². The van der Waals surface area contributed by atoms with Crippen molar-refractivity contribution in [2.45, 2.75) is 6.54 Å². The van der Waals surface area contributed by atoms with Crippen LogP contribution in [-0.4, -0.2) is 20.7 Å². The minimum absolute atomic E-state index is 0.0974. The summed E-state index contributed by atoms with van der Waals surface area (Å²) in [5.41, 5.74) is 3.16. The zero-order valence-corrected chi connectivity index (χ0v) is 12.0. The molecule has 7 heteroatoms. The summed E-state index contributed by atoms with van der Waals surface area (Å²) in [6, 6.07) is 7.64. The number of nitrogens with one attached hydrogen (secondary N) is 1. The number of benzene rings is 1. The molecule has 0 aliphatic carbocycles. The smallest absolute Gasteiger partial charge is 0.293 e. The Morgan fingerprint density at radius 1 is 1.36 bits per heavy atom. The average Bonchev–Trinajstić information content (AvgIpc) is 2.91.